The number of pyridine rings is 1. The highest BCUT2D eigenvalue weighted by Gasteiger charge is 2.25. The molecule has 1 unspecified atom stereocenters. The van der Waals surface area contributed by atoms with Crippen molar-refractivity contribution in [1.29, 1.82) is 0 Å². The number of hydrogen-bond donors (Lipinski definition) is 1. The van der Waals surface area contributed by atoms with E-state index in [4.69, 9.17) is 4.74 Å². The molecule has 2 amide bonds. The predicted octanol–water partition coefficient (Wildman–Crippen LogP) is 2.69. The summed E-state index contributed by atoms with van der Waals surface area (Å²) in [6, 6.07) is 11.6. The van der Waals surface area contributed by atoms with E-state index in [0.29, 0.717) is 32.1 Å². The Morgan fingerprint density at radius 1 is 1.21 bits per heavy atom. The van der Waals surface area contributed by atoms with Gasteiger partial charge in [0.25, 0.3) is 0 Å². The van der Waals surface area contributed by atoms with E-state index in [9.17, 15) is 9.18 Å². The fraction of sp³-hybridized carbons (Fsp3) is 0.250. The third kappa shape index (κ3) is 4.01. The minimum absolute atomic E-state index is 0.175. The highest BCUT2D eigenvalue weighted by Crippen LogP contribution is 2.22. The number of carbonyl (C=O) groups excluding carboxylic acids is 1. The minimum atomic E-state index is -0.293. The first-order chi connectivity index (χ1) is 13.7. The maximum absolute atomic E-state index is 13.1. The molecular formula is C20H20FN5O2. The smallest absolute Gasteiger partial charge is 0.317 e. The minimum Gasteiger partial charge on any atom is -0.370 e. The molecular weight excluding hydrogens is 361 g/mol. The van der Waals surface area contributed by atoms with Gasteiger partial charge in [0.15, 0.2) is 5.82 Å². The molecule has 7 nitrogen and oxygen atoms in total. The van der Waals surface area contributed by atoms with Crippen molar-refractivity contribution < 1.29 is 13.9 Å². The lowest BCUT2D eigenvalue weighted by Gasteiger charge is -2.33. The Morgan fingerprint density at radius 3 is 2.86 bits per heavy atom. The number of halogens is 1. The largest absolute Gasteiger partial charge is 0.370 e. The Kier molecular flexibility index (Phi) is 5.29. The second-order valence-corrected chi connectivity index (χ2v) is 6.45. The van der Waals surface area contributed by atoms with Crippen LogP contribution in [0, 0.1) is 5.82 Å². The van der Waals surface area contributed by atoms with Gasteiger partial charge in [0.1, 0.15) is 11.9 Å². The summed E-state index contributed by atoms with van der Waals surface area (Å²) < 4.78 is 20.5. The fourth-order valence-electron chi connectivity index (χ4n) is 3.16. The summed E-state index contributed by atoms with van der Waals surface area (Å²) in [6.45, 7) is 1.68. The van der Waals surface area contributed by atoms with Crippen molar-refractivity contribution in [2.45, 2.75) is 12.6 Å². The van der Waals surface area contributed by atoms with E-state index in [1.807, 2.05) is 24.4 Å². The lowest BCUT2D eigenvalue weighted by molar-refractivity contribution is -0.0155. The number of nitrogens with zero attached hydrogens (tertiary/aromatic N) is 4. The molecule has 8 heteroatoms. The molecule has 3 heterocycles. The molecule has 0 spiro atoms. The van der Waals surface area contributed by atoms with Gasteiger partial charge in [-0.15, -0.1) is 0 Å². The van der Waals surface area contributed by atoms with Gasteiger partial charge in [0, 0.05) is 37.2 Å². The van der Waals surface area contributed by atoms with Gasteiger partial charge >= 0.3 is 6.03 Å². The molecule has 0 bridgehead atoms. The van der Waals surface area contributed by atoms with Crippen LogP contribution in [0.4, 0.5) is 9.18 Å². The van der Waals surface area contributed by atoms with Crippen molar-refractivity contribution in [3.8, 4) is 5.82 Å². The molecule has 1 aliphatic heterocycles. The first kappa shape index (κ1) is 18.1. The third-order valence-electron chi connectivity index (χ3n) is 4.61. The molecule has 1 N–H and O–H groups in total. The molecule has 28 heavy (non-hydrogen) atoms. The van der Waals surface area contributed by atoms with Crippen molar-refractivity contribution >= 4 is 6.03 Å². The van der Waals surface area contributed by atoms with E-state index < -0.39 is 0 Å². The van der Waals surface area contributed by atoms with Gasteiger partial charge in [0.2, 0.25) is 0 Å². The standard InChI is InChI=1S/C20H20FN5O2/c21-17-6-4-15(5-7-17)18-14-25(11-12-28-18)20(27)23-13-16-3-1-8-22-19(16)26-10-2-9-24-26/h1-10,18H,11-14H2,(H,23,27). The molecule has 144 valence electrons. The lowest BCUT2D eigenvalue weighted by atomic mass is 10.1. The number of aromatic nitrogens is 3. The summed E-state index contributed by atoms with van der Waals surface area (Å²) >= 11 is 0. The second kappa shape index (κ2) is 8.18. The first-order valence-corrected chi connectivity index (χ1v) is 9.04. The van der Waals surface area contributed by atoms with Gasteiger partial charge in [-0.2, -0.15) is 5.10 Å². The van der Waals surface area contributed by atoms with Gasteiger partial charge in [-0.05, 0) is 29.8 Å². The molecule has 0 saturated carbocycles. The molecule has 0 radical (unpaired) electrons. The SMILES string of the molecule is O=C(NCc1cccnc1-n1cccn1)N1CCOC(c2ccc(F)cc2)C1. The summed E-state index contributed by atoms with van der Waals surface area (Å²) in [4.78, 5) is 18.7. The topological polar surface area (TPSA) is 72.3 Å². The fourth-order valence-corrected chi connectivity index (χ4v) is 3.16. The summed E-state index contributed by atoms with van der Waals surface area (Å²) in [7, 11) is 0. The molecule has 1 fully saturated rings. The molecule has 0 aliphatic carbocycles. The van der Waals surface area contributed by atoms with E-state index in [-0.39, 0.29) is 18.0 Å². The zero-order valence-electron chi connectivity index (χ0n) is 15.2. The summed E-state index contributed by atoms with van der Waals surface area (Å²) in [6.07, 6.45) is 4.92. The molecule has 1 aliphatic rings. The van der Waals surface area contributed by atoms with E-state index in [1.165, 1.54) is 12.1 Å². The number of morpholine rings is 1. The molecule has 1 saturated heterocycles. The number of nitrogens with one attached hydrogen (secondary N) is 1. The van der Waals surface area contributed by atoms with Crippen LogP contribution in [0.5, 0.6) is 0 Å². The number of rotatable bonds is 4. The zero-order valence-corrected chi connectivity index (χ0v) is 15.2. The van der Waals surface area contributed by atoms with Crippen LogP contribution in [0.1, 0.15) is 17.2 Å². The number of hydrogen-bond acceptors (Lipinski definition) is 4. The Morgan fingerprint density at radius 2 is 2.07 bits per heavy atom. The van der Waals surface area contributed by atoms with Crippen LogP contribution >= 0.6 is 0 Å². The van der Waals surface area contributed by atoms with Gasteiger partial charge < -0.3 is 15.0 Å². The molecule has 1 aromatic carbocycles. The second-order valence-electron chi connectivity index (χ2n) is 6.45. The molecule has 3 aromatic rings. The van der Waals surface area contributed by atoms with Crippen molar-refractivity contribution in [3.05, 3.63) is 78.0 Å². The number of urea groups is 1. The summed E-state index contributed by atoms with van der Waals surface area (Å²) in [5.41, 5.74) is 1.72. The van der Waals surface area contributed by atoms with Crippen LogP contribution in [0.25, 0.3) is 5.82 Å². The number of ether oxygens (including phenoxy) is 1. The highest BCUT2D eigenvalue weighted by molar-refractivity contribution is 5.74. The predicted molar refractivity (Wildman–Crippen MR) is 100 cm³/mol. The van der Waals surface area contributed by atoms with Crippen molar-refractivity contribution in [3.63, 3.8) is 0 Å². The molecule has 4 rings (SSSR count). The molecule has 2 aromatic heterocycles. The summed E-state index contributed by atoms with van der Waals surface area (Å²) in [5, 5.41) is 7.14. The Hall–Kier alpha value is -3.26. The Labute approximate surface area is 161 Å². The quantitative estimate of drug-likeness (QED) is 0.754. The van der Waals surface area contributed by atoms with E-state index in [2.05, 4.69) is 15.4 Å². The number of amides is 2. The van der Waals surface area contributed by atoms with Gasteiger partial charge in [-0.3, -0.25) is 0 Å². The van der Waals surface area contributed by atoms with Crippen LogP contribution in [0.15, 0.2) is 61.1 Å². The average Bonchev–Trinajstić information content (AvgIpc) is 3.27. The average molecular weight is 381 g/mol. The Bertz CT molecular complexity index is 930. The van der Waals surface area contributed by atoms with Gasteiger partial charge in [-0.25, -0.2) is 18.9 Å². The first-order valence-electron chi connectivity index (χ1n) is 9.04. The number of benzene rings is 1. The normalized spacial score (nSPS) is 16.8. The zero-order chi connectivity index (χ0) is 19.3. The van der Waals surface area contributed by atoms with Crippen LogP contribution in [-0.4, -0.2) is 45.4 Å². The van der Waals surface area contributed by atoms with Crippen LogP contribution < -0.4 is 5.32 Å². The monoisotopic (exact) mass is 381 g/mol. The Balaban J connectivity index is 1.40. The lowest BCUT2D eigenvalue weighted by Crippen LogP contribution is -2.47. The van der Waals surface area contributed by atoms with Gasteiger partial charge in [-0.1, -0.05) is 18.2 Å². The van der Waals surface area contributed by atoms with Crippen LogP contribution in [0.2, 0.25) is 0 Å². The van der Waals surface area contributed by atoms with Crippen molar-refractivity contribution in [2.75, 3.05) is 19.7 Å². The summed E-state index contributed by atoms with van der Waals surface area (Å²) in [5.74, 6) is 0.387. The van der Waals surface area contributed by atoms with Crippen LogP contribution in [0.3, 0.4) is 0 Å². The third-order valence-corrected chi connectivity index (χ3v) is 4.61. The molecule has 1 atom stereocenters. The van der Waals surface area contributed by atoms with Crippen molar-refractivity contribution in [1.82, 2.24) is 25.0 Å². The number of carbonyl (C=O) groups is 1. The van der Waals surface area contributed by atoms with E-state index in [0.717, 1.165) is 11.1 Å². The van der Waals surface area contributed by atoms with E-state index >= 15 is 0 Å². The van der Waals surface area contributed by atoms with Gasteiger partial charge in [0.05, 0.1) is 13.2 Å². The maximum Gasteiger partial charge on any atom is 0.317 e. The maximum atomic E-state index is 13.1. The van der Waals surface area contributed by atoms with E-state index in [1.54, 1.807) is 34.1 Å². The van der Waals surface area contributed by atoms with Crippen LogP contribution in [-0.2, 0) is 11.3 Å². The highest BCUT2D eigenvalue weighted by atomic mass is 19.1. The van der Waals surface area contributed by atoms with Crippen molar-refractivity contribution in [2.24, 2.45) is 0 Å².